The molecule has 0 atom stereocenters. The summed E-state index contributed by atoms with van der Waals surface area (Å²) in [5.41, 5.74) is 2.01. The summed E-state index contributed by atoms with van der Waals surface area (Å²) >= 11 is 0. The van der Waals surface area contributed by atoms with E-state index in [1.54, 1.807) is 0 Å². The average Bonchev–Trinajstić information content (AvgIpc) is 2.60. The van der Waals surface area contributed by atoms with Crippen LogP contribution in [-0.4, -0.2) is 12.4 Å². The molecule has 1 aromatic rings. The summed E-state index contributed by atoms with van der Waals surface area (Å²) in [6, 6.07) is 8.18. The van der Waals surface area contributed by atoms with E-state index in [4.69, 9.17) is 9.47 Å². The first-order valence-corrected chi connectivity index (χ1v) is 8.99. The monoisotopic (exact) mass is 304 g/mol. The molecule has 0 aliphatic heterocycles. The van der Waals surface area contributed by atoms with E-state index in [1.807, 2.05) is 26.0 Å². The van der Waals surface area contributed by atoms with Gasteiger partial charge in [0.15, 0.2) is 6.79 Å². The van der Waals surface area contributed by atoms with Gasteiger partial charge in [-0.2, -0.15) is 0 Å². The Hall–Kier alpha value is -1.02. The number of benzene rings is 1. The van der Waals surface area contributed by atoms with E-state index in [-0.39, 0.29) is 5.60 Å². The summed E-state index contributed by atoms with van der Waals surface area (Å²) in [7, 11) is 0. The Labute approximate surface area is 136 Å². The highest BCUT2D eigenvalue weighted by molar-refractivity contribution is 5.26. The maximum Gasteiger partial charge on any atom is 0.189 e. The third kappa shape index (κ3) is 3.84. The molecule has 4 rings (SSSR count). The predicted molar refractivity (Wildman–Crippen MR) is 92.3 cm³/mol. The van der Waals surface area contributed by atoms with Gasteiger partial charge in [0.1, 0.15) is 5.75 Å². The number of hydrogen-bond donors (Lipinski definition) is 0. The van der Waals surface area contributed by atoms with Gasteiger partial charge in [-0.15, -0.1) is 0 Å². The zero-order valence-corrected chi connectivity index (χ0v) is 14.8. The van der Waals surface area contributed by atoms with E-state index in [1.165, 1.54) is 50.5 Å². The highest BCUT2D eigenvalue weighted by atomic mass is 16.7. The topological polar surface area (TPSA) is 18.5 Å². The molecular formula is C20H32O2. The Morgan fingerprint density at radius 3 is 1.95 bits per heavy atom. The molecule has 3 saturated carbocycles. The van der Waals surface area contributed by atoms with Crippen LogP contribution in [0.3, 0.4) is 0 Å². The van der Waals surface area contributed by atoms with E-state index in [0.29, 0.717) is 12.2 Å². The van der Waals surface area contributed by atoms with Crippen LogP contribution in [0.25, 0.3) is 0 Å². The second kappa shape index (κ2) is 7.50. The van der Waals surface area contributed by atoms with Gasteiger partial charge in [0.25, 0.3) is 0 Å². The molecule has 0 radical (unpaired) electrons. The lowest BCUT2D eigenvalue weighted by Gasteiger charge is -2.52. The average molecular weight is 304 g/mol. The van der Waals surface area contributed by atoms with Crippen LogP contribution in [0.1, 0.15) is 71.3 Å². The van der Waals surface area contributed by atoms with Crippen molar-refractivity contribution < 1.29 is 9.47 Å². The first kappa shape index (κ1) is 17.3. The van der Waals surface area contributed by atoms with Gasteiger partial charge in [-0.05, 0) is 63.0 Å². The molecule has 124 valence electrons. The van der Waals surface area contributed by atoms with Crippen LogP contribution >= 0.6 is 0 Å². The molecule has 0 N–H and O–H groups in total. The standard InChI is InChI=1S/C18H26O2.C2H6/c1-3-17-8-11-18(12-9-17,13-10-17)20-14-19-16-6-4-15(2)5-7-16;1-2/h4-7H,3,8-14H2,1-2H3;1-2H3. The van der Waals surface area contributed by atoms with Crippen molar-refractivity contribution in [3.05, 3.63) is 29.8 Å². The van der Waals surface area contributed by atoms with Crippen molar-refractivity contribution in [1.82, 2.24) is 0 Å². The first-order valence-electron chi connectivity index (χ1n) is 8.99. The number of fused-ring (bicyclic) bond motifs is 3. The van der Waals surface area contributed by atoms with Crippen LogP contribution in [0.2, 0.25) is 0 Å². The van der Waals surface area contributed by atoms with Crippen molar-refractivity contribution in [2.75, 3.05) is 6.79 Å². The third-order valence-corrected chi connectivity index (χ3v) is 5.69. The maximum absolute atomic E-state index is 6.16. The summed E-state index contributed by atoms with van der Waals surface area (Å²) < 4.78 is 11.9. The molecule has 3 aliphatic carbocycles. The fraction of sp³-hybridized carbons (Fsp3) is 0.700. The van der Waals surface area contributed by atoms with Crippen LogP contribution in [0, 0.1) is 12.3 Å². The van der Waals surface area contributed by atoms with Gasteiger partial charge in [-0.1, -0.05) is 44.9 Å². The van der Waals surface area contributed by atoms with Gasteiger partial charge in [0.05, 0.1) is 5.60 Å². The molecule has 2 bridgehead atoms. The van der Waals surface area contributed by atoms with Crippen molar-refractivity contribution in [2.24, 2.45) is 5.41 Å². The fourth-order valence-electron chi connectivity index (χ4n) is 3.83. The smallest absolute Gasteiger partial charge is 0.189 e. The summed E-state index contributed by atoms with van der Waals surface area (Å²) in [5.74, 6) is 0.904. The van der Waals surface area contributed by atoms with Gasteiger partial charge in [-0.3, -0.25) is 0 Å². The Kier molecular flexibility index (Phi) is 5.91. The van der Waals surface area contributed by atoms with Crippen LogP contribution in [0.4, 0.5) is 0 Å². The number of rotatable bonds is 5. The first-order chi connectivity index (χ1) is 10.7. The highest BCUT2D eigenvalue weighted by Gasteiger charge is 2.48. The summed E-state index contributed by atoms with van der Waals surface area (Å²) in [6.45, 7) is 8.82. The van der Waals surface area contributed by atoms with Gasteiger partial charge in [-0.25, -0.2) is 0 Å². The zero-order valence-electron chi connectivity index (χ0n) is 14.8. The lowest BCUT2D eigenvalue weighted by Crippen LogP contribution is -2.48. The third-order valence-electron chi connectivity index (χ3n) is 5.69. The maximum atomic E-state index is 6.16. The van der Waals surface area contributed by atoms with Crippen molar-refractivity contribution in [3.63, 3.8) is 0 Å². The Morgan fingerprint density at radius 1 is 0.909 bits per heavy atom. The lowest BCUT2D eigenvalue weighted by molar-refractivity contribution is -0.170. The van der Waals surface area contributed by atoms with Crippen molar-refractivity contribution in [2.45, 2.75) is 78.2 Å². The van der Waals surface area contributed by atoms with E-state index < -0.39 is 0 Å². The molecule has 0 unspecified atom stereocenters. The molecule has 0 saturated heterocycles. The highest BCUT2D eigenvalue weighted by Crippen LogP contribution is 2.55. The normalized spacial score (nSPS) is 29.6. The molecule has 0 spiro atoms. The molecule has 0 amide bonds. The van der Waals surface area contributed by atoms with E-state index >= 15 is 0 Å². The van der Waals surface area contributed by atoms with Crippen LogP contribution in [0.5, 0.6) is 5.75 Å². The van der Waals surface area contributed by atoms with Crippen LogP contribution in [0.15, 0.2) is 24.3 Å². The SMILES string of the molecule is CC.CCC12CCC(OCOc3ccc(C)cc3)(CC1)CC2. The van der Waals surface area contributed by atoms with Gasteiger partial charge >= 0.3 is 0 Å². The fourth-order valence-corrected chi connectivity index (χ4v) is 3.83. The van der Waals surface area contributed by atoms with Crippen LogP contribution < -0.4 is 4.74 Å². The lowest BCUT2D eigenvalue weighted by atomic mass is 9.57. The van der Waals surface area contributed by atoms with Crippen molar-refractivity contribution in [1.29, 1.82) is 0 Å². The Morgan fingerprint density at radius 2 is 1.45 bits per heavy atom. The zero-order chi connectivity index (χ0) is 16.1. The summed E-state index contributed by atoms with van der Waals surface area (Å²) in [5, 5.41) is 0. The number of ether oxygens (including phenoxy) is 2. The molecule has 3 fully saturated rings. The molecule has 1 aromatic carbocycles. The minimum atomic E-state index is 0.113. The van der Waals surface area contributed by atoms with E-state index in [2.05, 4.69) is 26.0 Å². The van der Waals surface area contributed by atoms with Gasteiger partial charge in [0, 0.05) is 0 Å². The summed E-state index contributed by atoms with van der Waals surface area (Å²) in [6.07, 6.45) is 9.02. The second-order valence-corrected chi connectivity index (χ2v) is 6.76. The van der Waals surface area contributed by atoms with Crippen molar-refractivity contribution >= 4 is 0 Å². The second-order valence-electron chi connectivity index (χ2n) is 6.76. The quantitative estimate of drug-likeness (QED) is 0.633. The van der Waals surface area contributed by atoms with Gasteiger partial charge in [0.2, 0.25) is 0 Å². The Balaban J connectivity index is 0.000000847. The molecule has 2 nitrogen and oxygen atoms in total. The molecule has 0 heterocycles. The molecule has 2 heteroatoms. The number of aryl methyl sites for hydroxylation is 1. The van der Waals surface area contributed by atoms with E-state index in [9.17, 15) is 0 Å². The summed E-state index contributed by atoms with van der Waals surface area (Å²) in [4.78, 5) is 0. The molecule has 22 heavy (non-hydrogen) atoms. The largest absolute Gasteiger partial charge is 0.468 e. The van der Waals surface area contributed by atoms with Gasteiger partial charge < -0.3 is 9.47 Å². The molecule has 0 aromatic heterocycles. The minimum absolute atomic E-state index is 0.113. The molecular weight excluding hydrogens is 272 g/mol. The van der Waals surface area contributed by atoms with Crippen molar-refractivity contribution in [3.8, 4) is 5.75 Å². The predicted octanol–water partition coefficient (Wildman–Crippen LogP) is 5.88. The minimum Gasteiger partial charge on any atom is -0.468 e. The van der Waals surface area contributed by atoms with Crippen LogP contribution in [-0.2, 0) is 4.74 Å². The number of hydrogen-bond acceptors (Lipinski definition) is 2. The Bertz CT molecular complexity index is 425. The van der Waals surface area contributed by atoms with E-state index in [0.717, 1.165) is 5.75 Å². The molecule has 3 aliphatic rings.